The molecule has 12 nitrogen and oxygen atoms in total. The smallest absolute Gasteiger partial charge is 0.217 e. The molecule has 2 rings (SSSR count). The normalized spacial score (nSPS) is 41.3. The number of aliphatic hydroxyl groups excluding tert-OH is 5. The zero-order valence-electron chi connectivity index (χ0n) is 15.6. The fraction of sp³-hybridized carbons (Fsp3) is 0.875. The molecular formula is C16H28N2O10. The number of carbonyl (C=O) groups excluding carboxylic acids is 2. The van der Waals surface area contributed by atoms with Crippen molar-refractivity contribution in [2.24, 2.45) is 0 Å². The number of hydrogen-bond acceptors (Lipinski definition) is 10. The maximum atomic E-state index is 11.5. The van der Waals surface area contributed by atoms with Crippen LogP contribution in [0.1, 0.15) is 20.3 Å². The van der Waals surface area contributed by atoms with Crippen LogP contribution in [0.15, 0.2) is 0 Å². The molecule has 0 bridgehead atoms. The molecule has 2 aliphatic rings. The van der Waals surface area contributed by atoms with Crippen LogP contribution in [-0.2, 0) is 23.8 Å². The summed E-state index contributed by atoms with van der Waals surface area (Å²) in [6.45, 7) is 1.33. The third-order valence-electron chi connectivity index (χ3n) is 4.66. The Morgan fingerprint density at radius 1 is 1.00 bits per heavy atom. The Balaban J connectivity index is 2.20. The first-order chi connectivity index (χ1) is 13.2. The van der Waals surface area contributed by atoms with Crippen molar-refractivity contribution in [1.82, 2.24) is 10.6 Å². The molecule has 2 saturated heterocycles. The number of amides is 2. The van der Waals surface area contributed by atoms with Crippen molar-refractivity contribution in [3.8, 4) is 0 Å². The third kappa shape index (κ3) is 5.36. The molecule has 2 amide bonds. The van der Waals surface area contributed by atoms with Crippen molar-refractivity contribution in [2.45, 2.75) is 75.5 Å². The Morgan fingerprint density at radius 3 is 2.14 bits per heavy atom. The lowest BCUT2D eigenvalue weighted by Crippen LogP contribution is -2.66. The van der Waals surface area contributed by atoms with Gasteiger partial charge in [-0.25, -0.2) is 0 Å². The van der Waals surface area contributed by atoms with Gasteiger partial charge in [0.2, 0.25) is 11.8 Å². The second-order valence-corrected chi connectivity index (χ2v) is 6.90. The predicted octanol–water partition coefficient (Wildman–Crippen LogP) is -4.08. The monoisotopic (exact) mass is 408 g/mol. The topological polar surface area (TPSA) is 187 Å². The Hall–Kier alpha value is -1.38. The highest BCUT2D eigenvalue weighted by Gasteiger charge is 2.48. The molecule has 0 radical (unpaired) electrons. The van der Waals surface area contributed by atoms with Crippen molar-refractivity contribution in [3.63, 3.8) is 0 Å². The molecule has 0 unspecified atom stereocenters. The lowest BCUT2D eigenvalue weighted by molar-refractivity contribution is -0.317. The van der Waals surface area contributed by atoms with Crippen LogP contribution in [0.4, 0.5) is 0 Å². The minimum atomic E-state index is -1.58. The number of carbonyl (C=O) groups is 2. The second-order valence-electron chi connectivity index (χ2n) is 6.90. The van der Waals surface area contributed by atoms with Gasteiger partial charge in [0.1, 0.15) is 30.5 Å². The zero-order valence-corrected chi connectivity index (χ0v) is 15.6. The summed E-state index contributed by atoms with van der Waals surface area (Å²) in [6, 6.07) is -2.04. The van der Waals surface area contributed by atoms with E-state index in [4.69, 9.17) is 14.2 Å². The maximum Gasteiger partial charge on any atom is 0.217 e. The first kappa shape index (κ1) is 22.9. The minimum absolute atomic E-state index is 0.0146. The van der Waals surface area contributed by atoms with Crippen molar-refractivity contribution in [1.29, 1.82) is 0 Å². The van der Waals surface area contributed by atoms with E-state index in [-0.39, 0.29) is 6.42 Å². The van der Waals surface area contributed by atoms with Gasteiger partial charge in [0, 0.05) is 20.3 Å². The summed E-state index contributed by atoms with van der Waals surface area (Å²) >= 11 is 0. The highest BCUT2D eigenvalue weighted by atomic mass is 16.7. The van der Waals surface area contributed by atoms with Crippen molar-refractivity contribution in [2.75, 3.05) is 13.2 Å². The molecule has 0 aliphatic carbocycles. The lowest BCUT2D eigenvalue weighted by atomic mass is 9.95. The van der Waals surface area contributed by atoms with Gasteiger partial charge in [-0.2, -0.15) is 0 Å². The molecular weight excluding hydrogens is 380 g/mol. The molecule has 0 saturated carbocycles. The van der Waals surface area contributed by atoms with Crippen LogP contribution in [0.3, 0.4) is 0 Å². The fourth-order valence-electron chi connectivity index (χ4n) is 3.36. The molecule has 0 spiro atoms. The summed E-state index contributed by atoms with van der Waals surface area (Å²) in [7, 11) is 0. The Labute approximate surface area is 161 Å². The predicted molar refractivity (Wildman–Crippen MR) is 90.4 cm³/mol. The van der Waals surface area contributed by atoms with Gasteiger partial charge in [-0.3, -0.25) is 9.59 Å². The van der Waals surface area contributed by atoms with Gasteiger partial charge in [-0.1, -0.05) is 0 Å². The van der Waals surface area contributed by atoms with Gasteiger partial charge in [0.25, 0.3) is 0 Å². The largest absolute Gasteiger partial charge is 0.394 e. The number of ether oxygens (including phenoxy) is 3. The van der Waals surface area contributed by atoms with Gasteiger partial charge >= 0.3 is 0 Å². The molecule has 2 heterocycles. The Kier molecular flexibility index (Phi) is 8.09. The summed E-state index contributed by atoms with van der Waals surface area (Å²) in [4.78, 5) is 22.8. The van der Waals surface area contributed by atoms with Crippen LogP contribution in [0, 0.1) is 0 Å². The van der Waals surface area contributed by atoms with Gasteiger partial charge in [0.05, 0.1) is 25.4 Å². The summed E-state index contributed by atoms with van der Waals surface area (Å²) in [5, 5.41) is 54.4. The van der Waals surface area contributed by atoms with Crippen molar-refractivity contribution >= 4 is 11.8 Å². The van der Waals surface area contributed by atoms with Crippen molar-refractivity contribution in [3.05, 3.63) is 0 Å². The van der Waals surface area contributed by atoms with Crippen LogP contribution in [-0.4, -0.2) is 106 Å². The maximum absolute atomic E-state index is 11.5. The standard InChI is InChI=1S/C16H28N2O10/c1-6(21)17-8-3-9(23)10(4-19)27-16(8)28-14-11(5-20)26-15(25)12(13(14)24)18-7(2)22/h8-16,19-20,23-25H,3-5H2,1-2H3,(H,17,21)(H,18,22)/t8-,9+,10-,11-,12-,13-,14-,15-,16+/m1/s1. The van der Waals surface area contributed by atoms with E-state index in [1.54, 1.807) is 0 Å². The van der Waals surface area contributed by atoms with E-state index in [2.05, 4.69) is 10.6 Å². The molecule has 12 heteroatoms. The lowest BCUT2D eigenvalue weighted by Gasteiger charge is -2.46. The molecule has 0 aromatic rings. The van der Waals surface area contributed by atoms with Crippen LogP contribution in [0.5, 0.6) is 0 Å². The van der Waals surface area contributed by atoms with E-state index in [0.717, 1.165) is 0 Å². The van der Waals surface area contributed by atoms with Gasteiger partial charge in [-0.15, -0.1) is 0 Å². The highest BCUT2D eigenvalue weighted by Crippen LogP contribution is 2.28. The van der Waals surface area contributed by atoms with Crippen LogP contribution >= 0.6 is 0 Å². The van der Waals surface area contributed by atoms with E-state index >= 15 is 0 Å². The fourth-order valence-corrected chi connectivity index (χ4v) is 3.36. The van der Waals surface area contributed by atoms with E-state index in [9.17, 15) is 35.1 Å². The third-order valence-corrected chi connectivity index (χ3v) is 4.66. The van der Waals surface area contributed by atoms with Gasteiger partial charge in [-0.05, 0) is 0 Å². The van der Waals surface area contributed by atoms with Gasteiger partial charge < -0.3 is 50.4 Å². The summed E-state index contributed by atoms with van der Waals surface area (Å²) < 4.78 is 16.5. The van der Waals surface area contributed by atoms with Crippen LogP contribution in [0.2, 0.25) is 0 Å². The van der Waals surface area contributed by atoms with Crippen LogP contribution in [0.25, 0.3) is 0 Å². The number of aliphatic hydroxyl groups is 5. The Bertz CT molecular complexity index is 550. The molecule has 0 aromatic carbocycles. The molecule has 2 aliphatic heterocycles. The average molecular weight is 408 g/mol. The van der Waals surface area contributed by atoms with Gasteiger partial charge in [0.15, 0.2) is 12.6 Å². The summed E-state index contributed by atoms with van der Waals surface area (Å²) in [6.07, 6.45) is -8.70. The van der Waals surface area contributed by atoms with E-state index < -0.39 is 80.2 Å². The number of nitrogens with one attached hydrogen (secondary N) is 2. The highest BCUT2D eigenvalue weighted by molar-refractivity contribution is 5.73. The van der Waals surface area contributed by atoms with Crippen LogP contribution < -0.4 is 10.6 Å². The Morgan fingerprint density at radius 2 is 1.61 bits per heavy atom. The minimum Gasteiger partial charge on any atom is -0.394 e. The second kappa shape index (κ2) is 9.89. The molecule has 0 aromatic heterocycles. The molecule has 162 valence electrons. The zero-order chi connectivity index (χ0) is 21.0. The number of rotatable bonds is 6. The number of hydrogen-bond donors (Lipinski definition) is 7. The molecule has 28 heavy (non-hydrogen) atoms. The molecule has 2 fully saturated rings. The van der Waals surface area contributed by atoms with E-state index in [1.165, 1.54) is 13.8 Å². The average Bonchev–Trinajstić information content (AvgIpc) is 2.61. The molecule has 9 atom stereocenters. The molecule has 7 N–H and O–H groups in total. The quantitative estimate of drug-likeness (QED) is 0.228. The first-order valence-electron chi connectivity index (χ1n) is 8.94. The summed E-state index contributed by atoms with van der Waals surface area (Å²) in [5.41, 5.74) is 0. The first-order valence-corrected chi connectivity index (χ1v) is 8.94. The van der Waals surface area contributed by atoms with Crippen molar-refractivity contribution < 1.29 is 49.3 Å². The van der Waals surface area contributed by atoms with E-state index in [1.807, 2.05) is 0 Å². The SMILES string of the molecule is CC(=O)N[C@@H]1[C@@H](O)[C@H](O[C@@H]2O[C@H](CO)[C@@H](O)C[C@H]2NC(C)=O)[C@@H](CO)O[C@H]1O. The van der Waals surface area contributed by atoms with E-state index in [0.29, 0.717) is 0 Å². The summed E-state index contributed by atoms with van der Waals surface area (Å²) in [5.74, 6) is -0.941.